The van der Waals surface area contributed by atoms with Gasteiger partial charge in [-0.15, -0.1) is 0 Å². The maximum absolute atomic E-state index is 14.1. The predicted molar refractivity (Wildman–Crippen MR) is 85.5 cm³/mol. The molecule has 0 aliphatic carbocycles. The first-order chi connectivity index (χ1) is 9.41. The Balaban J connectivity index is 2.89. The fraction of sp³-hybridized carbons (Fsp3) is 0.625. The fourth-order valence-corrected chi connectivity index (χ4v) is 2.72. The van der Waals surface area contributed by atoms with Gasteiger partial charge in [-0.1, -0.05) is 28.9 Å². The van der Waals surface area contributed by atoms with E-state index >= 15 is 0 Å². The van der Waals surface area contributed by atoms with Gasteiger partial charge in [0, 0.05) is 23.2 Å². The van der Waals surface area contributed by atoms with Gasteiger partial charge < -0.3 is 10.1 Å². The maximum atomic E-state index is 14.1. The molecular weight excluding hydrogens is 321 g/mol. The van der Waals surface area contributed by atoms with Gasteiger partial charge in [0.2, 0.25) is 0 Å². The third kappa shape index (κ3) is 5.15. The summed E-state index contributed by atoms with van der Waals surface area (Å²) in [7, 11) is 1.72. The van der Waals surface area contributed by atoms with Crippen molar-refractivity contribution >= 4 is 15.9 Å². The van der Waals surface area contributed by atoms with Gasteiger partial charge in [0.1, 0.15) is 5.82 Å². The van der Waals surface area contributed by atoms with E-state index < -0.39 is 0 Å². The molecule has 1 atom stereocenters. The third-order valence-electron chi connectivity index (χ3n) is 3.58. The molecule has 20 heavy (non-hydrogen) atoms. The first kappa shape index (κ1) is 17.6. The summed E-state index contributed by atoms with van der Waals surface area (Å²) in [4.78, 5) is 0. The summed E-state index contributed by atoms with van der Waals surface area (Å²) in [6.45, 7) is 7.10. The van der Waals surface area contributed by atoms with Crippen LogP contribution < -0.4 is 5.32 Å². The number of rotatable bonds is 8. The van der Waals surface area contributed by atoms with Crippen LogP contribution in [-0.2, 0) is 4.74 Å². The van der Waals surface area contributed by atoms with Crippen LogP contribution in [0.2, 0.25) is 0 Å². The highest BCUT2D eigenvalue weighted by molar-refractivity contribution is 9.10. The summed E-state index contributed by atoms with van der Waals surface area (Å²) < 4.78 is 20.4. The number of halogens is 2. The Hall–Kier alpha value is -0.450. The van der Waals surface area contributed by atoms with Crippen molar-refractivity contribution in [2.45, 2.75) is 51.7 Å². The average molecular weight is 346 g/mol. The van der Waals surface area contributed by atoms with Gasteiger partial charge in [-0.3, -0.25) is 0 Å². The molecule has 0 radical (unpaired) electrons. The average Bonchev–Trinajstić information content (AvgIpc) is 2.40. The van der Waals surface area contributed by atoms with Gasteiger partial charge in [0.25, 0.3) is 0 Å². The molecule has 2 nitrogen and oxygen atoms in total. The summed E-state index contributed by atoms with van der Waals surface area (Å²) in [5.41, 5.74) is 0.525. The van der Waals surface area contributed by atoms with Crippen LogP contribution in [0.5, 0.6) is 0 Å². The Morgan fingerprint density at radius 3 is 2.65 bits per heavy atom. The fourth-order valence-electron chi connectivity index (χ4n) is 2.10. The number of benzene rings is 1. The molecular formula is C16H25BrFNO. The van der Waals surface area contributed by atoms with Crippen LogP contribution >= 0.6 is 15.9 Å². The highest BCUT2D eigenvalue weighted by Gasteiger charge is 2.23. The zero-order valence-electron chi connectivity index (χ0n) is 12.8. The minimum absolute atomic E-state index is 0.0000463. The van der Waals surface area contributed by atoms with E-state index in [4.69, 9.17) is 4.74 Å². The Morgan fingerprint density at radius 2 is 2.10 bits per heavy atom. The van der Waals surface area contributed by atoms with E-state index in [2.05, 4.69) is 42.0 Å². The SMILES string of the molecule is CCCNC(CCC(C)(C)OC)c1c(F)cccc1Br. The normalized spacial score (nSPS) is 13.5. The van der Waals surface area contributed by atoms with Crippen LogP contribution in [0, 0.1) is 5.82 Å². The predicted octanol–water partition coefficient (Wildman–Crippen LogP) is 4.83. The highest BCUT2D eigenvalue weighted by Crippen LogP contribution is 2.31. The molecule has 0 saturated carbocycles. The zero-order chi connectivity index (χ0) is 15.2. The molecule has 1 rings (SSSR count). The first-order valence-electron chi connectivity index (χ1n) is 7.13. The van der Waals surface area contributed by atoms with E-state index in [1.807, 2.05) is 6.07 Å². The van der Waals surface area contributed by atoms with Gasteiger partial charge in [-0.05, 0) is 51.8 Å². The second-order valence-corrected chi connectivity index (χ2v) is 6.50. The number of methoxy groups -OCH3 is 1. The molecule has 4 heteroatoms. The lowest BCUT2D eigenvalue weighted by Gasteiger charge is -2.27. The summed E-state index contributed by atoms with van der Waals surface area (Å²) in [6.07, 6.45) is 2.72. The van der Waals surface area contributed by atoms with Crippen LogP contribution in [-0.4, -0.2) is 19.3 Å². The van der Waals surface area contributed by atoms with Crippen molar-refractivity contribution in [2.75, 3.05) is 13.7 Å². The van der Waals surface area contributed by atoms with E-state index in [1.54, 1.807) is 13.2 Å². The van der Waals surface area contributed by atoms with E-state index in [0.29, 0.717) is 5.56 Å². The summed E-state index contributed by atoms with van der Waals surface area (Å²) in [5, 5.41) is 3.44. The van der Waals surface area contributed by atoms with Gasteiger partial charge in [-0.25, -0.2) is 4.39 Å². The number of ether oxygens (including phenoxy) is 1. The molecule has 1 aromatic rings. The smallest absolute Gasteiger partial charge is 0.129 e. The number of hydrogen-bond donors (Lipinski definition) is 1. The van der Waals surface area contributed by atoms with Gasteiger partial charge >= 0.3 is 0 Å². The number of nitrogens with one attached hydrogen (secondary N) is 1. The monoisotopic (exact) mass is 345 g/mol. The molecule has 1 unspecified atom stereocenters. The molecule has 0 aliphatic rings. The molecule has 1 N–H and O–H groups in total. The van der Waals surface area contributed by atoms with E-state index in [9.17, 15) is 4.39 Å². The molecule has 0 spiro atoms. The molecule has 0 amide bonds. The Kier molecular flexibility index (Phi) is 7.13. The summed E-state index contributed by atoms with van der Waals surface area (Å²) >= 11 is 3.47. The Morgan fingerprint density at radius 1 is 1.40 bits per heavy atom. The molecule has 0 aliphatic heterocycles. The topological polar surface area (TPSA) is 21.3 Å². The molecule has 0 bridgehead atoms. The first-order valence-corrected chi connectivity index (χ1v) is 7.93. The van der Waals surface area contributed by atoms with E-state index in [-0.39, 0.29) is 17.5 Å². The molecule has 0 saturated heterocycles. The quantitative estimate of drug-likeness (QED) is 0.728. The second kappa shape index (κ2) is 8.11. The minimum Gasteiger partial charge on any atom is -0.379 e. The largest absolute Gasteiger partial charge is 0.379 e. The lowest BCUT2D eigenvalue weighted by atomic mass is 9.94. The van der Waals surface area contributed by atoms with Crippen LogP contribution in [0.1, 0.15) is 51.6 Å². The molecule has 0 fully saturated rings. The maximum Gasteiger partial charge on any atom is 0.129 e. The summed E-state index contributed by atoms with van der Waals surface area (Å²) in [5.74, 6) is -0.164. The van der Waals surface area contributed by atoms with Gasteiger partial charge in [0.05, 0.1) is 5.60 Å². The van der Waals surface area contributed by atoms with Crippen LogP contribution in [0.4, 0.5) is 4.39 Å². The number of hydrogen-bond acceptors (Lipinski definition) is 2. The van der Waals surface area contributed by atoms with Crippen molar-refractivity contribution in [2.24, 2.45) is 0 Å². The lowest BCUT2D eigenvalue weighted by molar-refractivity contribution is 0.0116. The minimum atomic E-state index is -0.191. The Labute approximate surface area is 130 Å². The standard InChI is InChI=1S/C16H25BrFNO/c1-5-11-19-14(9-10-16(2,3)20-4)15-12(17)7-6-8-13(15)18/h6-8,14,19H,5,9-11H2,1-4H3. The van der Waals surface area contributed by atoms with Crippen LogP contribution in [0.15, 0.2) is 22.7 Å². The molecule has 1 aromatic carbocycles. The van der Waals surface area contributed by atoms with Crippen molar-refractivity contribution in [3.8, 4) is 0 Å². The lowest BCUT2D eigenvalue weighted by Crippen LogP contribution is -2.28. The second-order valence-electron chi connectivity index (χ2n) is 5.64. The van der Waals surface area contributed by atoms with E-state index in [1.165, 1.54) is 6.07 Å². The van der Waals surface area contributed by atoms with Gasteiger partial charge in [-0.2, -0.15) is 0 Å². The molecule has 0 aromatic heterocycles. The summed E-state index contributed by atoms with van der Waals surface area (Å²) in [6, 6.07) is 5.13. The van der Waals surface area contributed by atoms with Crippen molar-refractivity contribution in [3.05, 3.63) is 34.1 Å². The zero-order valence-corrected chi connectivity index (χ0v) is 14.4. The van der Waals surface area contributed by atoms with Crippen molar-refractivity contribution in [1.82, 2.24) is 5.32 Å². The van der Waals surface area contributed by atoms with Crippen LogP contribution in [0.3, 0.4) is 0 Å². The van der Waals surface area contributed by atoms with Gasteiger partial charge in [0.15, 0.2) is 0 Å². The Bertz CT molecular complexity index is 403. The van der Waals surface area contributed by atoms with Crippen LogP contribution in [0.25, 0.3) is 0 Å². The van der Waals surface area contributed by atoms with Crippen molar-refractivity contribution in [3.63, 3.8) is 0 Å². The third-order valence-corrected chi connectivity index (χ3v) is 4.27. The molecule has 114 valence electrons. The highest BCUT2D eigenvalue weighted by atomic mass is 79.9. The van der Waals surface area contributed by atoms with E-state index in [0.717, 1.165) is 30.3 Å². The van der Waals surface area contributed by atoms with Crippen molar-refractivity contribution < 1.29 is 9.13 Å². The van der Waals surface area contributed by atoms with Crippen molar-refractivity contribution in [1.29, 1.82) is 0 Å². The molecule has 0 heterocycles.